The quantitative estimate of drug-likeness (QED) is 0.931. The maximum Gasteiger partial charge on any atom is 0.321 e. The molecule has 1 aromatic heterocycles. The smallest absolute Gasteiger partial charge is 0.321 e. The number of nitrogens with zero attached hydrogens (tertiary/aromatic N) is 3. The summed E-state index contributed by atoms with van der Waals surface area (Å²) in [6, 6.07) is 3.51. The number of carbonyl (C=O) groups excluding carboxylic acids is 2. The van der Waals surface area contributed by atoms with Crippen LogP contribution in [0.2, 0.25) is 0 Å². The number of carbonyl (C=O) groups is 2. The number of pyridine rings is 1. The Morgan fingerprint density at radius 2 is 2.05 bits per heavy atom. The molecule has 6 heteroatoms. The second-order valence-corrected chi connectivity index (χ2v) is 5.99. The molecule has 0 unspecified atom stereocenters. The zero-order chi connectivity index (χ0) is 16.1. The molecule has 1 aliphatic rings. The molecule has 0 aliphatic carbocycles. The van der Waals surface area contributed by atoms with E-state index in [1.165, 1.54) is 0 Å². The number of nitrogens with one attached hydrogen (secondary N) is 1. The molecule has 1 fully saturated rings. The maximum absolute atomic E-state index is 12.4. The molecule has 0 aromatic carbocycles. The Morgan fingerprint density at radius 3 is 2.68 bits per heavy atom. The number of hydrogen-bond donors (Lipinski definition) is 1. The van der Waals surface area contributed by atoms with E-state index in [0.29, 0.717) is 18.8 Å². The zero-order valence-corrected chi connectivity index (χ0v) is 13.5. The summed E-state index contributed by atoms with van der Waals surface area (Å²) in [4.78, 5) is 32.1. The molecular weight excluding hydrogens is 280 g/mol. The van der Waals surface area contributed by atoms with E-state index in [4.69, 9.17) is 0 Å². The van der Waals surface area contributed by atoms with Gasteiger partial charge in [-0.15, -0.1) is 0 Å². The molecular formula is C16H24N4O2. The topological polar surface area (TPSA) is 65.5 Å². The monoisotopic (exact) mass is 304 g/mol. The first-order chi connectivity index (χ1) is 10.5. The Morgan fingerprint density at radius 1 is 1.36 bits per heavy atom. The van der Waals surface area contributed by atoms with Crippen LogP contribution in [0.15, 0.2) is 24.5 Å². The van der Waals surface area contributed by atoms with E-state index in [1.807, 2.05) is 20.9 Å². The third kappa shape index (κ3) is 3.96. The molecule has 1 aliphatic heterocycles. The normalized spacial score (nSPS) is 18.2. The molecule has 1 N–H and O–H groups in total. The first-order valence-corrected chi connectivity index (χ1v) is 7.71. The van der Waals surface area contributed by atoms with Crippen molar-refractivity contribution in [3.8, 4) is 0 Å². The molecule has 0 bridgehead atoms. The summed E-state index contributed by atoms with van der Waals surface area (Å²) in [5.41, 5.74) is 0.716. The van der Waals surface area contributed by atoms with Gasteiger partial charge in [-0.2, -0.15) is 0 Å². The van der Waals surface area contributed by atoms with Crippen LogP contribution in [0.4, 0.5) is 10.5 Å². The van der Waals surface area contributed by atoms with E-state index >= 15 is 0 Å². The molecule has 0 spiro atoms. The van der Waals surface area contributed by atoms with Crippen molar-refractivity contribution >= 4 is 17.6 Å². The lowest BCUT2D eigenvalue weighted by molar-refractivity contribution is -0.137. The summed E-state index contributed by atoms with van der Waals surface area (Å²) in [5, 5.41) is 2.85. The molecule has 1 aromatic rings. The van der Waals surface area contributed by atoms with Crippen molar-refractivity contribution in [3.63, 3.8) is 0 Å². The number of aromatic nitrogens is 1. The van der Waals surface area contributed by atoms with Crippen LogP contribution in [0, 0.1) is 5.92 Å². The van der Waals surface area contributed by atoms with Crippen LogP contribution in [0.25, 0.3) is 0 Å². The van der Waals surface area contributed by atoms with E-state index < -0.39 is 0 Å². The lowest BCUT2D eigenvalue weighted by Gasteiger charge is -2.35. The van der Waals surface area contributed by atoms with Crippen molar-refractivity contribution in [1.82, 2.24) is 14.8 Å². The van der Waals surface area contributed by atoms with Crippen LogP contribution < -0.4 is 5.32 Å². The van der Waals surface area contributed by atoms with E-state index in [0.717, 1.165) is 12.8 Å². The zero-order valence-electron chi connectivity index (χ0n) is 13.5. The van der Waals surface area contributed by atoms with Gasteiger partial charge in [-0.3, -0.25) is 9.78 Å². The van der Waals surface area contributed by atoms with E-state index in [1.54, 1.807) is 34.3 Å². The Hall–Kier alpha value is -2.11. The fourth-order valence-corrected chi connectivity index (χ4v) is 2.54. The van der Waals surface area contributed by atoms with Crippen LogP contribution in [0.1, 0.15) is 26.7 Å². The minimum Gasteiger partial charge on any atom is -0.343 e. The highest BCUT2D eigenvalue weighted by atomic mass is 16.2. The van der Waals surface area contributed by atoms with Crippen molar-refractivity contribution in [2.24, 2.45) is 5.92 Å². The lowest BCUT2D eigenvalue weighted by atomic mass is 9.96. The highest BCUT2D eigenvalue weighted by Gasteiger charge is 2.30. The molecule has 0 saturated carbocycles. The molecule has 1 atom stereocenters. The maximum atomic E-state index is 12.4. The largest absolute Gasteiger partial charge is 0.343 e. The predicted molar refractivity (Wildman–Crippen MR) is 85.5 cm³/mol. The SMILES string of the molecule is CC(C)N(C)C(=O)[C@H]1CCCN(C(=O)Nc2ccncc2)C1. The van der Waals surface area contributed by atoms with Crippen molar-refractivity contribution in [3.05, 3.63) is 24.5 Å². The van der Waals surface area contributed by atoms with Crippen molar-refractivity contribution in [2.45, 2.75) is 32.7 Å². The summed E-state index contributed by atoms with van der Waals surface area (Å²) in [6.07, 6.45) is 4.96. The van der Waals surface area contributed by atoms with Crippen molar-refractivity contribution < 1.29 is 9.59 Å². The van der Waals surface area contributed by atoms with Gasteiger partial charge in [0.15, 0.2) is 0 Å². The van der Waals surface area contributed by atoms with Gasteiger partial charge in [0.2, 0.25) is 5.91 Å². The number of likely N-dealkylation sites (tertiary alicyclic amines) is 1. The standard InChI is InChI=1S/C16H24N4O2/c1-12(2)19(3)15(21)13-5-4-10-20(11-13)16(22)18-14-6-8-17-9-7-14/h6-9,12-13H,4-5,10-11H2,1-3H3,(H,17,18,22)/t13-/m0/s1. The third-order valence-electron chi connectivity index (χ3n) is 4.11. The van der Waals surface area contributed by atoms with Crippen LogP contribution in [0.3, 0.4) is 0 Å². The van der Waals surface area contributed by atoms with Crippen LogP contribution in [0.5, 0.6) is 0 Å². The van der Waals surface area contributed by atoms with Crippen LogP contribution in [-0.2, 0) is 4.79 Å². The summed E-state index contributed by atoms with van der Waals surface area (Å²) in [5.74, 6) is 0.0146. The number of anilines is 1. The van der Waals surface area contributed by atoms with Crippen molar-refractivity contribution in [2.75, 3.05) is 25.5 Å². The van der Waals surface area contributed by atoms with Gasteiger partial charge in [0.05, 0.1) is 5.92 Å². The summed E-state index contributed by atoms with van der Waals surface area (Å²) < 4.78 is 0. The first-order valence-electron chi connectivity index (χ1n) is 7.71. The molecule has 0 radical (unpaired) electrons. The number of rotatable bonds is 3. The van der Waals surface area contributed by atoms with E-state index in [9.17, 15) is 9.59 Å². The van der Waals surface area contributed by atoms with Gasteiger partial charge in [0.1, 0.15) is 0 Å². The van der Waals surface area contributed by atoms with E-state index in [2.05, 4.69) is 10.3 Å². The summed E-state index contributed by atoms with van der Waals surface area (Å²) >= 11 is 0. The van der Waals surface area contributed by atoms with Gasteiger partial charge in [-0.25, -0.2) is 4.79 Å². The Labute approximate surface area is 131 Å². The number of urea groups is 1. The molecule has 3 amide bonds. The van der Waals surface area contributed by atoms with Crippen molar-refractivity contribution in [1.29, 1.82) is 0 Å². The molecule has 1 saturated heterocycles. The number of piperidine rings is 1. The Balaban J connectivity index is 1.95. The fourth-order valence-electron chi connectivity index (χ4n) is 2.54. The number of hydrogen-bond acceptors (Lipinski definition) is 3. The highest BCUT2D eigenvalue weighted by Crippen LogP contribution is 2.20. The second kappa shape index (κ2) is 7.24. The average Bonchev–Trinajstić information content (AvgIpc) is 2.54. The number of amides is 3. The van der Waals surface area contributed by atoms with Gasteiger partial charge in [0.25, 0.3) is 0 Å². The fraction of sp³-hybridized carbons (Fsp3) is 0.562. The van der Waals surface area contributed by atoms with E-state index in [-0.39, 0.29) is 23.9 Å². The van der Waals surface area contributed by atoms with Gasteiger partial charge in [0, 0.05) is 44.3 Å². The molecule has 2 rings (SSSR count). The Bertz CT molecular complexity index is 518. The second-order valence-electron chi connectivity index (χ2n) is 5.99. The summed E-state index contributed by atoms with van der Waals surface area (Å²) in [7, 11) is 1.82. The molecule has 22 heavy (non-hydrogen) atoms. The van der Waals surface area contributed by atoms with Gasteiger partial charge in [-0.05, 0) is 38.8 Å². The molecule has 6 nitrogen and oxygen atoms in total. The van der Waals surface area contributed by atoms with Gasteiger partial charge in [-0.1, -0.05) is 0 Å². The summed E-state index contributed by atoms with van der Waals surface area (Å²) in [6.45, 7) is 5.15. The van der Waals surface area contributed by atoms with Gasteiger partial charge >= 0.3 is 6.03 Å². The van der Waals surface area contributed by atoms with Gasteiger partial charge < -0.3 is 15.1 Å². The lowest BCUT2D eigenvalue weighted by Crippen LogP contribution is -2.48. The minimum atomic E-state index is -0.157. The minimum absolute atomic E-state index is 0.107. The Kier molecular flexibility index (Phi) is 5.35. The molecule has 2 heterocycles. The predicted octanol–water partition coefficient (Wildman–Crippen LogP) is 2.19. The van der Waals surface area contributed by atoms with Crippen LogP contribution >= 0.6 is 0 Å². The third-order valence-corrected chi connectivity index (χ3v) is 4.11. The molecule has 120 valence electrons. The first kappa shape index (κ1) is 16.3. The average molecular weight is 304 g/mol. The van der Waals surface area contributed by atoms with Crippen LogP contribution in [-0.4, -0.2) is 52.9 Å². The highest BCUT2D eigenvalue weighted by molar-refractivity contribution is 5.90.